The lowest BCUT2D eigenvalue weighted by molar-refractivity contribution is 0.451. The van der Waals surface area contributed by atoms with E-state index in [2.05, 4.69) is 11.8 Å². The van der Waals surface area contributed by atoms with Crippen LogP contribution in [0.15, 0.2) is 80.7 Å². The number of nitrogens with zero attached hydrogens (tertiary/aromatic N) is 1. The fourth-order valence-electron chi connectivity index (χ4n) is 5.29. The summed E-state index contributed by atoms with van der Waals surface area (Å²) in [4.78, 5) is 27.4. The maximum atomic E-state index is 13.8. The van der Waals surface area contributed by atoms with Crippen molar-refractivity contribution in [1.29, 1.82) is 0 Å². The molecule has 0 aliphatic heterocycles. The van der Waals surface area contributed by atoms with E-state index in [9.17, 15) is 9.59 Å². The van der Waals surface area contributed by atoms with Crippen LogP contribution in [0, 0.1) is 11.8 Å². The Bertz CT molecular complexity index is 1980. The zero-order valence-electron chi connectivity index (χ0n) is 20.1. The Morgan fingerprint density at radius 1 is 0.806 bits per heavy atom. The van der Waals surface area contributed by atoms with Gasteiger partial charge in [-0.05, 0) is 54.6 Å². The summed E-state index contributed by atoms with van der Waals surface area (Å²) in [5, 5.41) is 4.25. The first-order valence-electron chi connectivity index (χ1n) is 12.2. The molecule has 0 saturated carbocycles. The van der Waals surface area contributed by atoms with E-state index in [4.69, 9.17) is 10.2 Å². The average Bonchev–Trinajstić information content (AvgIpc) is 2.90. The highest BCUT2D eigenvalue weighted by Gasteiger charge is 2.23. The smallest absolute Gasteiger partial charge is 0.261 e. The largest absolute Gasteiger partial charge is 0.455 e. The highest BCUT2D eigenvalue weighted by Crippen LogP contribution is 2.38. The minimum Gasteiger partial charge on any atom is -0.455 e. The van der Waals surface area contributed by atoms with Crippen molar-refractivity contribution in [1.82, 2.24) is 4.57 Å². The summed E-state index contributed by atoms with van der Waals surface area (Å²) >= 11 is 0. The monoisotopic (exact) mass is 472 g/mol. The molecule has 5 heteroatoms. The first-order chi connectivity index (χ1) is 17.5. The van der Waals surface area contributed by atoms with Crippen LogP contribution in [0.2, 0.25) is 0 Å². The summed E-state index contributed by atoms with van der Waals surface area (Å²) in [5.74, 6) is 6.40. The summed E-state index contributed by atoms with van der Waals surface area (Å²) in [6.07, 6.45) is 1.39. The highest BCUT2D eigenvalue weighted by molar-refractivity contribution is 6.27. The number of nitrogen functional groups attached to an aromatic ring is 1. The molecule has 0 spiro atoms. The number of nitrogens with two attached hydrogens (primary N) is 1. The summed E-state index contributed by atoms with van der Waals surface area (Å²) in [5.41, 5.74) is 8.67. The third-order valence-corrected chi connectivity index (χ3v) is 7.06. The molecule has 2 N–H and O–H groups in total. The molecule has 4 aromatic carbocycles. The number of anilines is 1. The van der Waals surface area contributed by atoms with E-state index >= 15 is 0 Å². The van der Waals surface area contributed by atoms with Gasteiger partial charge >= 0.3 is 0 Å². The van der Waals surface area contributed by atoms with E-state index in [1.807, 2.05) is 74.5 Å². The van der Waals surface area contributed by atoms with E-state index < -0.39 is 0 Å². The van der Waals surface area contributed by atoms with Gasteiger partial charge in [0.15, 0.2) is 5.58 Å². The molecule has 0 aliphatic carbocycles. The van der Waals surface area contributed by atoms with Crippen LogP contribution in [-0.2, 0) is 0 Å². The standard InChI is InChI=1S/C31H24N2O3/c1-3-21(4-2)33-30(34)24-15-14-23-22-10-5-6-11-26(22)36-29-19(13-12-18-8-7-9-20(32)16-18)17-25(31(33)35)27(24)28(23)29/h5-11,14-17,21H,3-4,32H2,1-2H3. The number of benzene rings is 4. The fraction of sp³-hybridized carbons (Fsp3) is 0.161. The molecule has 0 unspecified atom stereocenters. The van der Waals surface area contributed by atoms with E-state index in [1.54, 1.807) is 6.07 Å². The lowest BCUT2D eigenvalue weighted by Gasteiger charge is -2.19. The Hall–Kier alpha value is -4.56. The zero-order valence-corrected chi connectivity index (χ0v) is 20.1. The maximum Gasteiger partial charge on any atom is 0.261 e. The molecule has 6 rings (SSSR count). The molecule has 36 heavy (non-hydrogen) atoms. The molecule has 0 aliphatic rings. The molecule has 0 atom stereocenters. The third-order valence-electron chi connectivity index (χ3n) is 7.06. The van der Waals surface area contributed by atoms with Crippen molar-refractivity contribution in [2.75, 3.05) is 5.73 Å². The van der Waals surface area contributed by atoms with Gasteiger partial charge in [0, 0.05) is 38.8 Å². The number of aromatic nitrogens is 1. The maximum absolute atomic E-state index is 13.8. The van der Waals surface area contributed by atoms with Gasteiger partial charge in [-0.3, -0.25) is 14.2 Å². The van der Waals surface area contributed by atoms with Crippen LogP contribution in [0.25, 0.3) is 43.5 Å². The van der Waals surface area contributed by atoms with Crippen LogP contribution in [0.1, 0.15) is 43.9 Å². The Morgan fingerprint density at radius 3 is 2.33 bits per heavy atom. The molecule has 6 aromatic rings. The first kappa shape index (κ1) is 21.9. The second-order valence-corrected chi connectivity index (χ2v) is 9.14. The predicted octanol–water partition coefficient (Wildman–Crippen LogP) is 6.20. The molecule has 0 saturated heterocycles. The molecule has 0 bridgehead atoms. The highest BCUT2D eigenvalue weighted by atomic mass is 16.3. The van der Waals surface area contributed by atoms with Crippen molar-refractivity contribution in [3.63, 3.8) is 0 Å². The Labute approximate surface area is 207 Å². The zero-order chi connectivity index (χ0) is 25.0. The number of hydrogen-bond donors (Lipinski definition) is 1. The fourth-order valence-corrected chi connectivity index (χ4v) is 5.29. The number of pyridine rings is 1. The Balaban J connectivity index is 1.82. The molecular formula is C31H24N2O3. The molecule has 0 fully saturated rings. The van der Waals surface area contributed by atoms with Crippen molar-refractivity contribution in [3.8, 4) is 11.8 Å². The van der Waals surface area contributed by atoms with Crippen LogP contribution in [0.5, 0.6) is 0 Å². The molecule has 5 nitrogen and oxygen atoms in total. The Kier molecular flexibility index (Phi) is 5.05. The lowest BCUT2D eigenvalue weighted by atomic mass is 9.93. The van der Waals surface area contributed by atoms with Gasteiger partial charge in [0.25, 0.3) is 11.1 Å². The van der Waals surface area contributed by atoms with Gasteiger partial charge in [0.2, 0.25) is 0 Å². The van der Waals surface area contributed by atoms with Crippen LogP contribution in [-0.4, -0.2) is 4.57 Å². The van der Waals surface area contributed by atoms with Crippen LogP contribution < -0.4 is 16.9 Å². The van der Waals surface area contributed by atoms with Crippen LogP contribution >= 0.6 is 0 Å². The second-order valence-electron chi connectivity index (χ2n) is 9.14. The topological polar surface area (TPSA) is 78.2 Å². The number of rotatable bonds is 3. The first-order valence-corrected chi connectivity index (χ1v) is 12.2. The predicted molar refractivity (Wildman–Crippen MR) is 147 cm³/mol. The van der Waals surface area contributed by atoms with Gasteiger partial charge in [0.05, 0.1) is 10.9 Å². The van der Waals surface area contributed by atoms with Crippen LogP contribution in [0.4, 0.5) is 5.69 Å². The van der Waals surface area contributed by atoms with Crippen LogP contribution in [0.3, 0.4) is 0 Å². The molecule has 176 valence electrons. The second kappa shape index (κ2) is 8.28. The van der Waals surface area contributed by atoms with Crippen molar-refractivity contribution in [3.05, 3.63) is 98.6 Å². The van der Waals surface area contributed by atoms with Gasteiger partial charge in [-0.2, -0.15) is 0 Å². The minimum absolute atomic E-state index is 0.167. The lowest BCUT2D eigenvalue weighted by Crippen LogP contribution is -2.36. The van der Waals surface area contributed by atoms with Crippen molar-refractivity contribution >= 4 is 49.2 Å². The molecule has 2 heterocycles. The van der Waals surface area contributed by atoms with Gasteiger partial charge in [-0.15, -0.1) is 0 Å². The third kappa shape index (κ3) is 3.19. The summed E-state index contributed by atoms with van der Waals surface area (Å²) < 4.78 is 7.82. The SMILES string of the molecule is CCC(CC)n1c(=O)c2ccc3c4ccccc4oc4c(C#Cc5cccc(N)c5)cc(c1=O)c2c43. The van der Waals surface area contributed by atoms with E-state index in [1.165, 1.54) is 4.57 Å². The Morgan fingerprint density at radius 2 is 1.56 bits per heavy atom. The summed E-state index contributed by atoms with van der Waals surface area (Å²) in [6, 6.07) is 20.6. The van der Waals surface area contributed by atoms with Gasteiger partial charge in [0.1, 0.15) is 5.58 Å². The molecule has 0 amide bonds. The average molecular weight is 473 g/mol. The van der Waals surface area contributed by atoms with E-state index in [0.717, 1.165) is 21.7 Å². The molecule has 2 aromatic heterocycles. The minimum atomic E-state index is -0.282. The van der Waals surface area contributed by atoms with Crippen molar-refractivity contribution in [2.24, 2.45) is 0 Å². The van der Waals surface area contributed by atoms with Crippen molar-refractivity contribution < 1.29 is 4.42 Å². The quantitative estimate of drug-likeness (QED) is 0.144. The van der Waals surface area contributed by atoms with E-state index in [-0.39, 0.29) is 17.2 Å². The number of fused-ring (bicyclic) bond motifs is 2. The van der Waals surface area contributed by atoms with Crippen molar-refractivity contribution in [2.45, 2.75) is 32.7 Å². The van der Waals surface area contributed by atoms with Gasteiger partial charge < -0.3 is 10.2 Å². The van der Waals surface area contributed by atoms with Gasteiger partial charge in [-0.1, -0.05) is 56.0 Å². The number of para-hydroxylation sites is 1. The van der Waals surface area contributed by atoms with Gasteiger partial charge in [-0.25, -0.2) is 0 Å². The molecule has 0 radical (unpaired) electrons. The van der Waals surface area contributed by atoms with E-state index in [0.29, 0.717) is 51.4 Å². The summed E-state index contributed by atoms with van der Waals surface area (Å²) in [6.45, 7) is 4.00. The summed E-state index contributed by atoms with van der Waals surface area (Å²) in [7, 11) is 0. The molecular weight excluding hydrogens is 448 g/mol. The normalized spacial score (nSPS) is 11.6. The number of hydrogen-bond acceptors (Lipinski definition) is 4.